The first-order valence-corrected chi connectivity index (χ1v) is 7.42. The van der Waals surface area contributed by atoms with Crippen LogP contribution in [-0.4, -0.2) is 28.9 Å². The van der Waals surface area contributed by atoms with Crippen LogP contribution in [-0.2, 0) is 11.2 Å². The zero-order valence-corrected chi connectivity index (χ0v) is 12.4. The summed E-state index contributed by atoms with van der Waals surface area (Å²) in [6.07, 6.45) is 7.32. The van der Waals surface area contributed by atoms with E-state index >= 15 is 0 Å². The standard InChI is InChI=1S/C14H20N2O.C2H6/c1-12-6-10-16(11-7-12)14(17)3-2-13-4-8-15-9-5-13;1-2/h4-5,8-9,12H,2-3,6-7,10-11H2,1H3;1-2H3. The molecule has 0 radical (unpaired) electrons. The molecule has 0 atom stereocenters. The van der Waals surface area contributed by atoms with Gasteiger partial charge in [0.2, 0.25) is 5.91 Å². The maximum Gasteiger partial charge on any atom is 0.222 e. The van der Waals surface area contributed by atoms with Crippen LogP contribution in [0, 0.1) is 5.92 Å². The molecule has 1 aliphatic rings. The molecule has 1 aromatic rings. The Morgan fingerprint density at radius 2 is 1.84 bits per heavy atom. The second kappa shape index (κ2) is 8.68. The smallest absolute Gasteiger partial charge is 0.222 e. The first kappa shape index (κ1) is 15.7. The third-order valence-electron chi connectivity index (χ3n) is 3.51. The highest BCUT2D eigenvalue weighted by atomic mass is 16.2. The predicted molar refractivity (Wildman–Crippen MR) is 78.9 cm³/mol. The van der Waals surface area contributed by atoms with Gasteiger partial charge < -0.3 is 4.90 Å². The molecule has 0 saturated carbocycles. The van der Waals surface area contributed by atoms with Crippen molar-refractivity contribution < 1.29 is 4.79 Å². The number of amides is 1. The van der Waals surface area contributed by atoms with E-state index in [0.717, 1.165) is 38.3 Å². The van der Waals surface area contributed by atoms with E-state index in [1.165, 1.54) is 5.56 Å². The highest BCUT2D eigenvalue weighted by molar-refractivity contribution is 5.76. The number of piperidine rings is 1. The van der Waals surface area contributed by atoms with Crippen molar-refractivity contribution in [2.45, 2.75) is 46.5 Å². The van der Waals surface area contributed by atoms with Crippen molar-refractivity contribution >= 4 is 5.91 Å². The monoisotopic (exact) mass is 262 g/mol. The van der Waals surface area contributed by atoms with Crippen LogP contribution in [0.5, 0.6) is 0 Å². The number of hydrogen-bond donors (Lipinski definition) is 0. The average Bonchev–Trinajstić information content (AvgIpc) is 2.49. The van der Waals surface area contributed by atoms with E-state index in [1.54, 1.807) is 12.4 Å². The van der Waals surface area contributed by atoms with Gasteiger partial charge in [-0.05, 0) is 42.9 Å². The normalized spacial score (nSPS) is 15.6. The second-order valence-electron chi connectivity index (χ2n) is 4.92. The summed E-state index contributed by atoms with van der Waals surface area (Å²) in [4.78, 5) is 18.0. The number of aromatic nitrogens is 1. The summed E-state index contributed by atoms with van der Waals surface area (Å²) in [6.45, 7) is 8.14. The Labute approximate surface area is 117 Å². The Hall–Kier alpha value is -1.38. The largest absolute Gasteiger partial charge is 0.343 e. The van der Waals surface area contributed by atoms with Gasteiger partial charge in [0.05, 0.1) is 0 Å². The summed E-state index contributed by atoms with van der Waals surface area (Å²) in [7, 11) is 0. The molecule has 2 heterocycles. The van der Waals surface area contributed by atoms with E-state index in [4.69, 9.17) is 0 Å². The topological polar surface area (TPSA) is 33.2 Å². The van der Waals surface area contributed by atoms with Gasteiger partial charge in [0.15, 0.2) is 0 Å². The van der Waals surface area contributed by atoms with E-state index in [1.807, 2.05) is 30.9 Å². The van der Waals surface area contributed by atoms with Crippen LogP contribution in [0.4, 0.5) is 0 Å². The van der Waals surface area contributed by atoms with Gasteiger partial charge in [0.25, 0.3) is 0 Å². The first-order valence-electron chi connectivity index (χ1n) is 7.42. The molecule has 1 saturated heterocycles. The summed E-state index contributed by atoms with van der Waals surface area (Å²) in [6, 6.07) is 3.96. The van der Waals surface area contributed by atoms with Crippen molar-refractivity contribution in [2.24, 2.45) is 5.92 Å². The second-order valence-corrected chi connectivity index (χ2v) is 4.92. The predicted octanol–water partition coefficient (Wildman–Crippen LogP) is 3.30. The number of aryl methyl sites for hydroxylation is 1. The first-order chi connectivity index (χ1) is 9.25. The van der Waals surface area contributed by atoms with Crippen LogP contribution < -0.4 is 0 Å². The molecule has 19 heavy (non-hydrogen) atoms. The lowest BCUT2D eigenvalue weighted by Gasteiger charge is -2.30. The van der Waals surface area contributed by atoms with E-state index in [2.05, 4.69) is 11.9 Å². The number of pyridine rings is 1. The third kappa shape index (κ3) is 5.41. The van der Waals surface area contributed by atoms with E-state index in [-0.39, 0.29) is 0 Å². The SMILES string of the molecule is CC.CC1CCN(C(=O)CCc2ccncc2)CC1. The molecule has 0 aromatic carbocycles. The molecule has 1 aromatic heterocycles. The van der Waals surface area contributed by atoms with Crippen LogP contribution >= 0.6 is 0 Å². The molecule has 1 amide bonds. The Morgan fingerprint density at radius 3 is 2.42 bits per heavy atom. The van der Waals surface area contributed by atoms with E-state index in [0.29, 0.717) is 12.3 Å². The molecule has 0 aliphatic carbocycles. The van der Waals surface area contributed by atoms with Crippen molar-refractivity contribution in [1.82, 2.24) is 9.88 Å². The van der Waals surface area contributed by atoms with Crippen molar-refractivity contribution in [2.75, 3.05) is 13.1 Å². The molecule has 1 aliphatic heterocycles. The number of carbonyl (C=O) groups excluding carboxylic acids is 1. The number of rotatable bonds is 3. The fraction of sp³-hybridized carbons (Fsp3) is 0.625. The molecule has 3 nitrogen and oxygen atoms in total. The van der Waals surface area contributed by atoms with Gasteiger partial charge >= 0.3 is 0 Å². The maximum absolute atomic E-state index is 12.0. The number of likely N-dealkylation sites (tertiary alicyclic amines) is 1. The lowest BCUT2D eigenvalue weighted by molar-refractivity contribution is -0.132. The molecule has 0 unspecified atom stereocenters. The fourth-order valence-electron chi connectivity index (χ4n) is 2.22. The highest BCUT2D eigenvalue weighted by Crippen LogP contribution is 2.17. The van der Waals surface area contributed by atoms with Gasteiger partial charge in [0.1, 0.15) is 0 Å². The van der Waals surface area contributed by atoms with Gasteiger partial charge in [-0.1, -0.05) is 20.8 Å². The lowest BCUT2D eigenvalue weighted by Crippen LogP contribution is -2.37. The van der Waals surface area contributed by atoms with Crippen molar-refractivity contribution in [1.29, 1.82) is 0 Å². The van der Waals surface area contributed by atoms with Crippen LogP contribution in [0.2, 0.25) is 0 Å². The van der Waals surface area contributed by atoms with Crippen molar-refractivity contribution in [3.05, 3.63) is 30.1 Å². The van der Waals surface area contributed by atoms with Gasteiger partial charge in [-0.15, -0.1) is 0 Å². The molecule has 1 fully saturated rings. The van der Waals surface area contributed by atoms with Gasteiger partial charge in [-0.2, -0.15) is 0 Å². The molecule has 0 N–H and O–H groups in total. The summed E-state index contributed by atoms with van der Waals surface area (Å²) in [5.41, 5.74) is 1.19. The Balaban J connectivity index is 0.000000861. The Bertz CT molecular complexity index is 356. The number of carbonyl (C=O) groups is 1. The molecule has 0 spiro atoms. The van der Waals surface area contributed by atoms with Crippen LogP contribution in [0.1, 0.15) is 45.6 Å². The highest BCUT2D eigenvalue weighted by Gasteiger charge is 2.19. The van der Waals surface area contributed by atoms with Gasteiger partial charge in [0, 0.05) is 31.9 Å². The molecule has 0 bridgehead atoms. The molecular weight excluding hydrogens is 236 g/mol. The molecule has 3 heteroatoms. The zero-order chi connectivity index (χ0) is 14.1. The van der Waals surface area contributed by atoms with Crippen LogP contribution in [0.25, 0.3) is 0 Å². The van der Waals surface area contributed by atoms with Crippen molar-refractivity contribution in [3.63, 3.8) is 0 Å². The third-order valence-corrected chi connectivity index (χ3v) is 3.51. The minimum Gasteiger partial charge on any atom is -0.343 e. The fourth-order valence-corrected chi connectivity index (χ4v) is 2.22. The Kier molecular flexibility index (Phi) is 7.16. The summed E-state index contributed by atoms with van der Waals surface area (Å²) in [5.74, 6) is 1.08. The van der Waals surface area contributed by atoms with Gasteiger partial charge in [-0.25, -0.2) is 0 Å². The minimum atomic E-state index is 0.300. The lowest BCUT2D eigenvalue weighted by atomic mass is 9.99. The zero-order valence-electron chi connectivity index (χ0n) is 12.4. The van der Waals surface area contributed by atoms with E-state index in [9.17, 15) is 4.79 Å². The molecular formula is C16H26N2O. The quantitative estimate of drug-likeness (QED) is 0.837. The van der Waals surface area contributed by atoms with E-state index < -0.39 is 0 Å². The number of hydrogen-bond acceptors (Lipinski definition) is 2. The van der Waals surface area contributed by atoms with Gasteiger partial charge in [-0.3, -0.25) is 9.78 Å². The average molecular weight is 262 g/mol. The van der Waals surface area contributed by atoms with Crippen LogP contribution in [0.15, 0.2) is 24.5 Å². The summed E-state index contributed by atoms with van der Waals surface area (Å²) in [5, 5.41) is 0. The Morgan fingerprint density at radius 1 is 1.26 bits per heavy atom. The van der Waals surface area contributed by atoms with Crippen molar-refractivity contribution in [3.8, 4) is 0 Å². The number of nitrogens with zero attached hydrogens (tertiary/aromatic N) is 2. The summed E-state index contributed by atoms with van der Waals surface area (Å²) < 4.78 is 0. The molecule has 2 rings (SSSR count). The summed E-state index contributed by atoms with van der Waals surface area (Å²) >= 11 is 0. The van der Waals surface area contributed by atoms with Crippen LogP contribution in [0.3, 0.4) is 0 Å². The molecule has 106 valence electrons. The maximum atomic E-state index is 12.0. The minimum absolute atomic E-state index is 0.300.